The Balaban J connectivity index is 1.98. The second-order valence-electron chi connectivity index (χ2n) is 3.29. The topological polar surface area (TPSA) is 35.9 Å². The first-order valence-corrected chi connectivity index (χ1v) is 6.25. The van der Waals surface area contributed by atoms with E-state index in [-0.39, 0.29) is 6.61 Å². The molecular weight excluding hydrogens is 200 g/mol. The Kier molecular flexibility index (Phi) is 6.55. The van der Waals surface area contributed by atoms with E-state index in [0.717, 1.165) is 39.3 Å². The summed E-state index contributed by atoms with van der Waals surface area (Å²) in [7, 11) is 0. The van der Waals surface area contributed by atoms with Crippen molar-refractivity contribution < 1.29 is 9.84 Å². The summed E-state index contributed by atoms with van der Waals surface area (Å²) < 4.78 is 7.61. The van der Waals surface area contributed by atoms with Gasteiger partial charge in [0, 0.05) is 32.7 Å². The number of hydrogen-bond acceptors (Lipinski definition) is 5. The second kappa shape index (κ2) is 7.48. The molecule has 0 aromatic rings. The summed E-state index contributed by atoms with van der Waals surface area (Å²) in [5, 5.41) is 8.52. The molecule has 0 unspecified atom stereocenters. The van der Waals surface area contributed by atoms with Crippen molar-refractivity contribution in [3.05, 3.63) is 0 Å². The highest BCUT2D eigenvalue weighted by atomic mass is 32.2. The number of ether oxygens (including phenoxy) is 1. The highest BCUT2D eigenvalue weighted by molar-refractivity contribution is 7.96. The van der Waals surface area contributed by atoms with Crippen LogP contribution in [0.2, 0.25) is 0 Å². The minimum absolute atomic E-state index is 0.125. The maximum atomic E-state index is 8.52. The Labute approximate surface area is 90.3 Å². The lowest BCUT2D eigenvalue weighted by atomic mass is 10.3. The van der Waals surface area contributed by atoms with Crippen LogP contribution in [0.15, 0.2) is 0 Å². The summed E-state index contributed by atoms with van der Waals surface area (Å²) in [6.07, 6.45) is 2.13. The Hall–Kier alpha value is 0.190. The fourth-order valence-corrected chi connectivity index (χ4v) is 2.02. The third-order valence-corrected chi connectivity index (χ3v) is 3.26. The summed E-state index contributed by atoms with van der Waals surface area (Å²) in [4.78, 5) is 2.41. The van der Waals surface area contributed by atoms with Gasteiger partial charge in [-0.1, -0.05) is 11.9 Å². The molecule has 0 aliphatic carbocycles. The Bertz CT molecular complexity index is 141. The third kappa shape index (κ3) is 4.61. The first kappa shape index (κ1) is 12.3. The Morgan fingerprint density at radius 2 is 1.93 bits per heavy atom. The van der Waals surface area contributed by atoms with E-state index in [2.05, 4.69) is 15.5 Å². The largest absolute Gasteiger partial charge is 0.394 e. The first-order chi connectivity index (χ1) is 6.86. The van der Waals surface area contributed by atoms with Crippen LogP contribution in [-0.4, -0.2) is 73.1 Å². The number of nitrogens with zero attached hydrogens (tertiary/aromatic N) is 2. The SMILES string of the molecule is CSN1CCN(CCOCCO)CC1. The predicted molar refractivity (Wildman–Crippen MR) is 59.4 cm³/mol. The molecule has 1 N–H and O–H groups in total. The molecule has 14 heavy (non-hydrogen) atoms. The van der Waals surface area contributed by atoms with Gasteiger partial charge in [-0.25, -0.2) is 4.31 Å². The predicted octanol–water partition coefficient (Wildman–Crippen LogP) is -0.109. The number of aliphatic hydroxyl groups excluding tert-OH is 1. The monoisotopic (exact) mass is 220 g/mol. The molecular formula is C9H20N2O2S. The van der Waals surface area contributed by atoms with E-state index in [9.17, 15) is 0 Å². The van der Waals surface area contributed by atoms with E-state index >= 15 is 0 Å². The second-order valence-corrected chi connectivity index (χ2v) is 4.17. The van der Waals surface area contributed by atoms with Crippen molar-refractivity contribution in [3.63, 3.8) is 0 Å². The van der Waals surface area contributed by atoms with Crippen LogP contribution < -0.4 is 0 Å². The van der Waals surface area contributed by atoms with Crippen LogP contribution in [0.1, 0.15) is 0 Å². The summed E-state index contributed by atoms with van der Waals surface area (Å²) in [5.74, 6) is 0. The lowest BCUT2D eigenvalue weighted by Gasteiger charge is -2.32. The van der Waals surface area contributed by atoms with Crippen molar-refractivity contribution in [2.45, 2.75) is 0 Å². The molecule has 0 spiro atoms. The zero-order valence-electron chi connectivity index (χ0n) is 8.81. The van der Waals surface area contributed by atoms with E-state index in [1.54, 1.807) is 0 Å². The molecule has 1 heterocycles. The van der Waals surface area contributed by atoms with Gasteiger partial charge in [0.15, 0.2) is 0 Å². The molecule has 4 nitrogen and oxygen atoms in total. The molecule has 0 radical (unpaired) electrons. The first-order valence-electron chi connectivity index (χ1n) is 5.07. The van der Waals surface area contributed by atoms with Crippen molar-refractivity contribution in [2.75, 3.05) is 58.8 Å². The average Bonchev–Trinajstić information content (AvgIpc) is 2.25. The number of rotatable bonds is 6. The minimum atomic E-state index is 0.125. The van der Waals surface area contributed by atoms with Gasteiger partial charge in [-0.15, -0.1) is 0 Å². The van der Waals surface area contributed by atoms with E-state index in [1.807, 2.05) is 11.9 Å². The van der Waals surface area contributed by atoms with Crippen LogP contribution in [0.3, 0.4) is 0 Å². The molecule has 1 fully saturated rings. The van der Waals surface area contributed by atoms with Crippen LogP contribution in [0, 0.1) is 0 Å². The molecule has 1 aliphatic rings. The van der Waals surface area contributed by atoms with Crippen LogP contribution >= 0.6 is 11.9 Å². The van der Waals surface area contributed by atoms with Gasteiger partial charge < -0.3 is 9.84 Å². The number of hydrogen-bond donors (Lipinski definition) is 1. The zero-order chi connectivity index (χ0) is 10.2. The van der Waals surface area contributed by atoms with Crippen LogP contribution in [-0.2, 0) is 4.74 Å². The normalized spacial score (nSPS) is 20.1. The smallest absolute Gasteiger partial charge is 0.0698 e. The fourth-order valence-electron chi connectivity index (χ4n) is 1.50. The van der Waals surface area contributed by atoms with E-state index in [4.69, 9.17) is 9.84 Å². The van der Waals surface area contributed by atoms with Crippen LogP contribution in [0.25, 0.3) is 0 Å². The maximum Gasteiger partial charge on any atom is 0.0698 e. The molecule has 0 aromatic heterocycles. The van der Waals surface area contributed by atoms with Gasteiger partial charge in [0.1, 0.15) is 0 Å². The van der Waals surface area contributed by atoms with Gasteiger partial charge >= 0.3 is 0 Å². The summed E-state index contributed by atoms with van der Waals surface area (Å²) in [5.41, 5.74) is 0. The van der Waals surface area contributed by atoms with Crippen molar-refractivity contribution in [1.82, 2.24) is 9.21 Å². The summed E-state index contributed by atoms with van der Waals surface area (Å²) in [6.45, 7) is 6.85. The standard InChI is InChI=1S/C9H20N2O2S/c1-14-11-4-2-10(3-5-11)6-8-13-9-7-12/h12H,2-9H2,1H3. The lowest BCUT2D eigenvalue weighted by Crippen LogP contribution is -2.44. The van der Waals surface area contributed by atoms with Crippen molar-refractivity contribution >= 4 is 11.9 Å². The van der Waals surface area contributed by atoms with E-state index in [1.165, 1.54) is 0 Å². The summed E-state index contributed by atoms with van der Waals surface area (Å²) >= 11 is 1.82. The van der Waals surface area contributed by atoms with Gasteiger partial charge in [0.25, 0.3) is 0 Å². The minimum Gasteiger partial charge on any atom is -0.394 e. The van der Waals surface area contributed by atoms with Crippen molar-refractivity contribution in [1.29, 1.82) is 0 Å². The molecule has 0 atom stereocenters. The molecule has 84 valence electrons. The van der Waals surface area contributed by atoms with Gasteiger partial charge in [-0.3, -0.25) is 4.90 Å². The van der Waals surface area contributed by atoms with Crippen LogP contribution in [0.5, 0.6) is 0 Å². The number of piperazine rings is 1. The third-order valence-electron chi connectivity index (χ3n) is 2.38. The quantitative estimate of drug-likeness (QED) is 0.499. The summed E-state index contributed by atoms with van der Waals surface area (Å²) in [6, 6.07) is 0. The maximum absolute atomic E-state index is 8.52. The van der Waals surface area contributed by atoms with E-state index in [0.29, 0.717) is 6.61 Å². The lowest BCUT2D eigenvalue weighted by molar-refractivity contribution is 0.0668. The number of aliphatic hydroxyl groups is 1. The molecule has 1 aliphatic heterocycles. The highest BCUT2D eigenvalue weighted by Crippen LogP contribution is 2.09. The molecule has 1 saturated heterocycles. The van der Waals surface area contributed by atoms with E-state index < -0.39 is 0 Å². The molecule has 0 aromatic carbocycles. The molecule has 5 heteroatoms. The average molecular weight is 220 g/mol. The Morgan fingerprint density at radius 3 is 2.50 bits per heavy atom. The fraction of sp³-hybridized carbons (Fsp3) is 1.00. The van der Waals surface area contributed by atoms with Crippen molar-refractivity contribution in [2.24, 2.45) is 0 Å². The Morgan fingerprint density at radius 1 is 1.21 bits per heavy atom. The van der Waals surface area contributed by atoms with Gasteiger partial charge in [0.2, 0.25) is 0 Å². The molecule has 0 saturated carbocycles. The van der Waals surface area contributed by atoms with Crippen molar-refractivity contribution in [3.8, 4) is 0 Å². The zero-order valence-corrected chi connectivity index (χ0v) is 9.63. The molecule has 1 rings (SSSR count). The molecule has 0 bridgehead atoms. The van der Waals surface area contributed by atoms with Gasteiger partial charge in [0.05, 0.1) is 19.8 Å². The van der Waals surface area contributed by atoms with Gasteiger partial charge in [-0.05, 0) is 6.26 Å². The molecule has 0 amide bonds. The van der Waals surface area contributed by atoms with Gasteiger partial charge in [-0.2, -0.15) is 0 Å². The highest BCUT2D eigenvalue weighted by Gasteiger charge is 2.15. The van der Waals surface area contributed by atoms with Crippen LogP contribution in [0.4, 0.5) is 0 Å².